The van der Waals surface area contributed by atoms with E-state index < -0.39 is 11.2 Å². The lowest BCUT2D eigenvalue weighted by Gasteiger charge is -2.28. The van der Waals surface area contributed by atoms with Crippen molar-refractivity contribution >= 4 is 54.8 Å². The van der Waals surface area contributed by atoms with E-state index in [9.17, 15) is 24.0 Å². The molecule has 47 heavy (non-hydrogen) atoms. The summed E-state index contributed by atoms with van der Waals surface area (Å²) in [5.41, 5.74) is 4.89. The average molecular weight is 658 g/mol. The Balaban J connectivity index is 1.08. The molecule has 244 valence electrons. The summed E-state index contributed by atoms with van der Waals surface area (Å²) in [7, 11) is 5.85. The van der Waals surface area contributed by atoms with Gasteiger partial charge in [-0.25, -0.2) is 4.68 Å². The van der Waals surface area contributed by atoms with Gasteiger partial charge in [0.05, 0.1) is 31.0 Å². The van der Waals surface area contributed by atoms with E-state index in [2.05, 4.69) is 20.9 Å². The minimum Gasteiger partial charge on any atom is -0.372 e. The maximum absolute atomic E-state index is 13.6. The number of imide groups is 1. The number of nitrogens with one attached hydrogen (secondary N) is 2. The minimum absolute atomic E-state index is 0.0701. The quantitative estimate of drug-likeness (QED) is 0.149. The lowest BCUT2D eigenvalue weighted by molar-refractivity contribution is -0.142. The smallest absolute Gasteiger partial charge is 0.246 e. The Kier molecular flexibility index (Phi) is 11.4. The molecule has 2 radical (unpaired) electrons. The van der Waals surface area contributed by atoms with Crippen molar-refractivity contribution in [1.29, 1.82) is 0 Å². The van der Waals surface area contributed by atoms with Gasteiger partial charge in [-0.1, -0.05) is 54.0 Å². The molecule has 1 fully saturated rings. The normalized spacial score (nSPS) is 15.4. The largest absolute Gasteiger partial charge is 0.372 e. The molecular formula is C32H36BN7O6S. The summed E-state index contributed by atoms with van der Waals surface area (Å²) in [4.78, 5) is 65.0. The second kappa shape index (κ2) is 15.9. The highest BCUT2D eigenvalue weighted by Gasteiger charge is 2.38. The first kappa shape index (κ1) is 33.9. The maximum atomic E-state index is 13.6. The number of likely N-dealkylation sites (tertiary alicyclic amines) is 1. The van der Waals surface area contributed by atoms with Crippen LogP contribution in [0.2, 0.25) is 6.32 Å². The number of thioether (sulfide) groups is 1. The number of hydrogen-bond acceptors (Lipinski definition) is 9. The van der Waals surface area contributed by atoms with Gasteiger partial charge in [-0.2, -0.15) is 11.8 Å². The molecule has 0 spiro atoms. The van der Waals surface area contributed by atoms with Gasteiger partial charge >= 0.3 is 0 Å². The highest BCUT2D eigenvalue weighted by molar-refractivity contribution is 8.00. The zero-order chi connectivity index (χ0) is 33.3. The third kappa shape index (κ3) is 7.91. The molecule has 13 nitrogen and oxygen atoms in total. The van der Waals surface area contributed by atoms with E-state index >= 15 is 0 Å². The molecule has 3 aromatic rings. The zero-order valence-electron chi connectivity index (χ0n) is 26.1. The highest BCUT2D eigenvalue weighted by Crippen LogP contribution is 2.41. The van der Waals surface area contributed by atoms with Gasteiger partial charge in [0, 0.05) is 50.2 Å². The van der Waals surface area contributed by atoms with Crippen molar-refractivity contribution < 1.29 is 28.7 Å². The zero-order valence-corrected chi connectivity index (χ0v) is 27.0. The van der Waals surface area contributed by atoms with Crippen LogP contribution in [0.1, 0.15) is 24.8 Å². The van der Waals surface area contributed by atoms with E-state index in [0.29, 0.717) is 37.2 Å². The van der Waals surface area contributed by atoms with Crippen molar-refractivity contribution in [2.45, 2.75) is 43.9 Å². The van der Waals surface area contributed by atoms with Gasteiger partial charge in [-0.05, 0) is 24.3 Å². The summed E-state index contributed by atoms with van der Waals surface area (Å²) in [6.07, 6.45) is 2.78. The van der Waals surface area contributed by atoms with Crippen molar-refractivity contribution in [3.63, 3.8) is 0 Å². The molecule has 15 heteroatoms. The van der Waals surface area contributed by atoms with Crippen LogP contribution in [-0.2, 0) is 41.8 Å². The summed E-state index contributed by atoms with van der Waals surface area (Å²) >= 11 is 1.29. The SMILES string of the molecule is [B]CCn1nnc2c1-c1ccccc1CN(C(=O)CCNC(=O)COCCCNC(=O)CN1C(=O)CC(SC)C1=O)c1ccccc1-2. The van der Waals surface area contributed by atoms with E-state index in [1.54, 1.807) is 15.8 Å². The molecule has 0 aliphatic carbocycles. The fourth-order valence-corrected chi connectivity index (χ4v) is 6.22. The van der Waals surface area contributed by atoms with Crippen LogP contribution in [0.5, 0.6) is 0 Å². The molecule has 1 atom stereocenters. The van der Waals surface area contributed by atoms with Crippen LogP contribution in [0.25, 0.3) is 22.5 Å². The molecule has 1 aromatic heterocycles. The number of nitrogens with zero attached hydrogens (tertiary/aromatic N) is 5. The number of rotatable bonds is 14. The Morgan fingerprint density at radius 1 is 1.02 bits per heavy atom. The van der Waals surface area contributed by atoms with Crippen LogP contribution in [-0.4, -0.2) is 102 Å². The maximum Gasteiger partial charge on any atom is 0.246 e. The van der Waals surface area contributed by atoms with Crippen LogP contribution < -0.4 is 15.5 Å². The molecule has 1 saturated heterocycles. The summed E-state index contributed by atoms with van der Waals surface area (Å²) in [6, 6.07) is 15.4. The number of fused-ring (bicyclic) bond motifs is 5. The fourth-order valence-electron chi connectivity index (χ4n) is 5.58. The van der Waals surface area contributed by atoms with Gasteiger partial charge in [0.15, 0.2) is 0 Å². The van der Waals surface area contributed by atoms with Crippen LogP contribution in [0.4, 0.5) is 5.69 Å². The van der Waals surface area contributed by atoms with E-state index in [-0.39, 0.29) is 69.3 Å². The van der Waals surface area contributed by atoms with Crippen LogP contribution >= 0.6 is 11.8 Å². The summed E-state index contributed by atoms with van der Waals surface area (Å²) in [6.45, 7) is 0.939. The van der Waals surface area contributed by atoms with Gasteiger partial charge in [-0.15, -0.1) is 5.10 Å². The van der Waals surface area contributed by atoms with Crippen molar-refractivity contribution in [2.75, 3.05) is 44.0 Å². The molecule has 0 bridgehead atoms. The second-order valence-corrected chi connectivity index (χ2v) is 12.1. The number of carbonyl (C=O) groups is 5. The lowest BCUT2D eigenvalue weighted by Crippen LogP contribution is -2.41. The van der Waals surface area contributed by atoms with Crippen molar-refractivity contribution in [3.8, 4) is 22.5 Å². The Hall–Kier alpha value is -4.50. The second-order valence-electron chi connectivity index (χ2n) is 11.1. The number of hydrogen-bond donors (Lipinski definition) is 2. The average Bonchev–Trinajstić information content (AvgIpc) is 3.60. The number of ether oxygens (including phenoxy) is 1. The number of benzene rings is 2. The molecule has 2 N–H and O–H groups in total. The number of para-hydroxylation sites is 1. The number of amides is 5. The monoisotopic (exact) mass is 657 g/mol. The van der Waals surface area contributed by atoms with Gasteiger partial charge in [0.2, 0.25) is 29.5 Å². The Morgan fingerprint density at radius 2 is 1.77 bits per heavy atom. The standard InChI is InChI=1S/C32H36BN7O6S/c1-47-25-17-29(44)39(32(25)45)19-26(41)34-13-6-16-46-20-27(42)35-14-11-28(43)38-18-21-7-2-3-8-22(21)31-30(36-37-40(31)15-12-33)23-9-4-5-10-24(23)38/h2-5,7-10,25H,6,11-20H2,1H3,(H,34,41)(H,35,42). The Labute approximate surface area is 278 Å². The van der Waals surface area contributed by atoms with Gasteiger partial charge < -0.3 is 20.3 Å². The molecule has 5 rings (SSSR count). The molecule has 2 aliphatic heterocycles. The molecular weight excluding hydrogens is 621 g/mol. The van der Waals surface area contributed by atoms with Gasteiger partial charge in [0.25, 0.3) is 0 Å². The fraction of sp³-hybridized carbons (Fsp3) is 0.406. The van der Waals surface area contributed by atoms with Crippen molar-refractivity contribution in [3.05, 3.63) is 54.1 Å². The van der Waals surface area contributed by atoms with Crippen LogP contribution in [0, 0.1) is 0 Å². The van der Waals surface area contributed by atoms with Crippen molar-refractivity contribution in [1.82, 2.24) is 30.5 Å². The van der Waals surface area contributed by atoms with E-state index in [1.165, 1.54) is 11.8 Å². The first-order chi connectivity index (χ1) is 22.8. The highest BCUT2D eigenvalue weighted by atomic mass is 32.2. The summed E-state index contributed by atoms with van der Waals surface area (Å²) < 4.78 is 7.22. The predicted octanol–water partition coefficient (Wildman–Crippen LogP) is 1.57. The third-order valence-electron chi connectivity index (χ3n) is 7.90. The topological polar surface area (TPSA) is 156 Å². The number of aryl methyl sites for hydroxylation is 1. The van der Waals surface area contributed by atoms with E-state index in [4.69, 9.17) is 12.6 Å². The number of carbonyl (C=O) groups excluding carboxylic acids is 5. The molecule has 0 saturated carbocycles. The van der Waals surface area contributed by atoms with Crippen molar-refractivity contribution in [2.24, 2.45) is 0 Å². The molecule has 5 amide bonds. The molecule has 3 heterocycles. The Bertz CT molecular complexity index is 1650. The van der Waals surface area contributed by atoms with Crippen LogP contribution in [0.15, 0.2) is 48.5 Å². The number of aromatic nitrogens is 3. The minimum atomic E-state index is -0.430. The Morgan fingerprint density at radius 3 is 2.53 bits per heavy atom. The van der Waals surface area contributed by atoms with E-state index in [0.717, 1.165) is 27.3 Å². The van der Waals surface area contributed by atoms with E-state index in [1.807, 2.05) is 48.5 Å². The van der Waals surface area contributed by atoms with Gasteiger partial charge in [0.1, 0.15) is 18.8 Å². The lowest BCUT2D eigenvalue weighted by atomic mass is 9.95. The first-order valence-corrected chi connectivity index (χ1v) is 16.7. The first-order valence-electron chi connectivity index (χ1n) is 15.4. The summed E-state index contributed by atoms with van der Waals surface area (Å²) in [5, 5.41) is 13.8. The third-order valence-corrected chi connectivity index (χ3v) is 8.84. The molecule has 2 aromatic carbocycles. The predicted molar refractivity (Wildman–Crippen MR) is 177 cm³/mol. The van der Waals surface area contributed by atoms with Gasteiger partial charge in [-0.3, -0.25) is 28.9 Å². The molecule has 2 aliphatic rings. The van der Waals surface area contributed by atoms with Crippen LogP contribution in [0.3, 0.4) is 0 Å². The summed E-state index contributed by atoms with van der Waals surface area (Å²) in [5.74, 6) is -1.65. The molecule has 1 unspecified atom stereocenters. The number of anilines is 1.